The number of aromatic hydroxyl groups is 1. The van der Waals surface area contributed by atoms with E-state index >= 15 is 0 Å². The van der Waals surface area contributed by atoms with Crippen LogP contribution in [0.1, 0.15) is 36.2 Å². The number of nitrogens with one attached hydrogen (secondary N) is 2. The number of carbonyl (C=O) groups is 1. The molecule has 0 saturated carbocycles. The van der Waals surface area contributed by atoms with Crippen molar-refractivity contribution in [2.45, 2.75) is 32.1 Å². The molecule has 4 aromatic rings. The molecule has 0 spiro atoms. The largest absolute Gasteiger partial charge is 0.508 e. The zero-order chi connectivity index (χ0) is 23.1. The number of phenolic OH excluding ortho intramolecular Hbond substituents is 1. The maximum atomic E-state index is 11.7. The van der Waals surface area contributed by atoms with Gasteiger partial charge < -0.3 is 20.1 Å². The average Bonchev–Trinajstić information content (AvgIpc) is 3.16. The number of hydrogen-bond donors (Lipinski definition) is 3. The van der Waals surface area contributed by atoms with Crippen LogP contribution >= 0.6 is 23.2 Å². The van der Waals surface area contributed by atoms with E-state index in [0.717, 1.165) is 28.0 Å². The molecule has 0 unspecified atom stereocenters. The van der Waals surface area contributed by atoms with Crippen molar-refractivity contribution in [3.05, 3.63) is 69.6 Å². The van der Waals surface area contributed by atoms with Gasteiger partial charge >= 0.3 is 0 Å². The first-order valence-corrected chi connectivity index (χ1v) is 11.2. The van der Waals surface area contributed by atoms with Gasteiger partial charge in [-0.2, -0.15) is 0 Å². The fourth-order valence-electron chi connectivity index (χ4n) is 4.02. The van der Waals surface area contributed by atoms with Crippen molar-refractivity contribution in [3.63, 3.8) is 0 Å². The summed E-state index contributed by atoms with van der Waals surface area (Å²) in [4.78, 5) is 23.7. The van der Waals surface area contributed by atoms with Crippen molar-refractivity contribution in [2.24, 2.45) is 0 Å². The van der Waals surface area contributed by atoms with Crippen molar-refractivity contribution < 1.29 is 14.6 Å². The number of fused-ring (bicyclic) bond motifs is 2. The van der Waals surface area contributed by atoms with E-state index in [9.17, 15) is 9.90 Å². The Bertz CT molecular complexity index is 1350. The van der Waals surface area contributed by atoms with E-state index in [1.54, 1.807) is 36.5 Å². The number of H-pyrrole nitrogens is 1. The van der Waals surface area contributed by atoms with Gasteiger partial charge in [0.15, 0.2) is 0 Å². The molecule has 2 aromatic carbocycles. The molecule has 0 bridgehead atoms. The highest BCUT2D eigenvalue weighted by molar-refractivity contribution is 6.42. The number of rotatable bonds is 5. The first-order valence-electron chi connectivity index (χ1n) is 10.5. The number of phenols is 1. The van der Waals surface area contributed by atoms with Crippen LogP contribution in [-0.2, 0) is 17.6 Å². The SMILES string of the molecule is C[C@H](Cc1nc2cc(Cl)c(Cl)cc2[nH]1)c1cc(Oc2ccnc3c2CCC(=O)N3)ccc1O. The van der Waals surface area contributed by atoms with E-state index in [2.05, 4.69) is 20.3 Å². The summed E-state index contributed by atoms with van der Waals surface area (Å²) in [5.41, 5.74) is 3.14. The van der Waals surface area contributed by atoms with Crippen LogP contribution < -0.4 is 10.1 Å². The first-order chi connectivity index (χ1) is 15.9. The lowest BCUT2D eigenvalue weighted by atomic mass is 9.96. The number of ether oxygens (including phenoxy) is 1. The predicted molar refractivity (Wildman–Crippen MR) is 128 cm³/mol. The van der Waals surface area contributed by atoms with Gasteiger partial charge in [-0.1, -0.05) is 30.1 Å². The summed E-state index contributed by atoms with van der Waals surface area (Å²) in [7, 11) is 0. The number of imidazole rings is 1. The molecule has 1 aliphatic heterocycles. The summed E-state index contributed by atoms with van der Waals surface area (Å²) >= 11 is 12.2. The third-order valence-electron chi connectivity index (χ3n) is 5.70. The quantitative estimate of drug-likeness (QED) is 0.324. The molecule has 3 N–H and O–H groups in total. The van der Waals surface area contributed by atoms with Crippen LogP contribution in [-0.4, -0.2) is 26.0 Å². The van der Waals surface area contributed by atoms with Gasteiger partial charge in [-0.05, 0) is 48.7 Å². The maximum Gasteiger partial charge on any atom is 0.225 e. The standard InChI is InChI=1S/C24H20Cl2N4O3/c1-12(8-22-28-18-10-16(25)17(26)11-19(18)29-22)15-9-13(2-4-20(15)31)33-21-6-7-27-24-14(21)3-5-23(32)30-24/h2,4,6-7,9-12,31H,3,5,8H2,1H3,(H,28,29)(H,27,30,32)/t12-/m1/s1. The van der Waals surface area contributed by atoms with Crippen molar-refractivity contribution in [1.29, 1.82) is 0 Å². The lowest BCUT2D eigenvalue weighted by Crippen LogP contribution is -2.20. The van der Waals surface area contributed by atoms with Gasteiger partial charge in [0.05, 0.1) is 21.1 Å². The van der Waals surface area contributed by atoms with Crippen LogP contribution in [0.5, 0.6) is 17.2 Å². The highest BCUT2D eigenvalue weighted by atomic mass is 35.5. The molecule has 168 valence electrons. The van der Waals surface area contributed by atoms with Crippen LogP contribution in [0, 0.1) is 0 Å². The zero-order valence-electron chi connectivity index (χ0n) is 17.7. The number of carbonyl (C=O) groups excluding carboxylic acids is 1. The van der Waals surface area contributed by atoms with Gasteiger partial charge in [0.25, 0.3) is 0 Å². The van der Waals surface area contributed by atoms with E-state index in [4.69, 9.17) is 27.9 Å². The minimum absolute atomic E-state index is 0.0503. The van der Waals surface area contributed by atoms with Crippen LogP contribution in [0.2, 0.25) is 10.0 Å². The van der Waals surface area contributed by atoms with Crippen LogP contribution in [0.3, 0.4) is 0 Å². The predicted octanol–water partition coefficient (Wildman–Crippen LogP) is 5.99. The Morgan fingerprint density at radius 3 is 2.82 bits per heavy atom. The fraction of sp³-hybridized carbons (Fsp3) is 0.208. The molecule has 2 aromatic heterocycles. The molecule has 1 atom stereocenters. The summed E-state index contributed by atoms with van der Waals surface area (Å²) in [5.74, 6) is 2.59. The van der Waals surface area contributed by atoms with Crippen molar-refractivity contribution >= 4 is 46.0 Å². The second kappa shape index (κ2) is 8.57. The third-order valence-corrected chi connectivity index (χ3v) is 6.43. The minimum Gasteiger partial charge on any atom is -0.508 e. The number of nitrogens with zero attached hydrogens (tertiary/aromatic N) is 2. The van der Waals surface area contributed by atoms with Gasteiger partial charge in [-0.15, -0.1) is 0 Å². The number of pyridine rings is 1. The fourth-order valence-corrected chi connectivity index (χ4v) is 4.35. The molecular weight excluding hydrogens is 463 g/mol. The second-order valence-corrected chi connectivity index (χ2v) is 8.89. The van der Waals surface area contributed by atoms with Crippen molar-refractivity contribution in [2.75, 3.05) is 5.32 Å². The van der Waals surface area contributed by atoms with Crippen molar-refractivity contribution in [3.8, 4) is 17.2 Å². The maximum absolute atomic E-state index is 11.7. The number of halogens is 2. The minimum atomic E-state index is -0.0528. The Hall–Kier alpha value is -3.29. The summed E-state index contributed by atoms with van der Waals surface area (Å²) in [6, 6.07) is 10.4. The van der Waals surface area contributed by atoms with Crippen molar-refractivity contribution in [1.82, 2.24) is 15.0 Å². The lowest BCUT2D eigenvalue weighted by Gasteiger charge is -2.19. The van der Waals surface area contributed by atoms with Crippen LogP contribution in [0.25, 0.3) is 11.0 Å². The van der Waals surface area contributed by atoms with Crippen LogP contribution in [0.15, 0.2) is 42.6 Å². The van der Waals surface area contributed by atoms with E-state index in [1.807, 2.05) is 13.0 Å². The molecule has 5 rings (SSSR count). The molecule has 1 amide bonds. The Morgan fingerprint density at radius 1 is 1.15 bits per heavy atom. The molecule has 0 aliphatic carbocycles. The number of aromatic amines is 1. The third kappa shape index (κ3) is 4.34. The molecule has 33 heavy (non-hydrogen) atoms. The zero-order valence-corrected chi connectivity index (χ0v) is 19.2. The van der Waals surface area contributed by atoms with Gasteiger partial charge in [0.1, 0.15) is 28.9 Å². The molecule has 0 radical (unpaired) electrons. The van der Waals surface area contributed by atoms with E-state index in [0.29, 0.717) is 46.6 Å². The highest BCUT2D eigenvalue weighted by Gasteiger charge is 2.21. The van der Waals surface area contributed by atoms with Gasteiger partial charge in [-0.3, -0.25) is 4.79 Å². The smallest absolute Gasteiger partial charge is 0.225 e. The molecule has 0 saturated heterocycles. The van der Waals surface area contributed by atoms with E-state index in [-0.39, 0.29) is 17.6 Å². The first kappa shape index (κ1) is 21.6. The number of hydrogen-bond acceptors (Lipinski definition) is 5. The summed E-state index contributed by atoms with van der Waals surface area (Å²) in [5, 5.41) is 14.2. The highest BCUT2D eigenvalue weighted by Crippen LogP contribution is 2.36. The Kier molecular flexibility index (Phi) is 5.60. The Morgan fingerprint density at radius 2 is 1.97 bits per heavy atom. The van der Waals surface area contributed by atoms with Gasteiger partial charge in [-0.25, -0.2) is 9.97 Å². The van der Waals surface area contributed by atoms with E-state index < -0.39 is 0 Å². The normalized spacial score (nSPS) is 14.1. The second-order valence-electron chi connectivity index (χ2n) is 8.08. The molecule has 9 heteroatoms. The number of benzene rings is 2. The molecule has 3 heterocycles. The summed E-state index contributed by atoms with van der Waals surface area (Å²) in [6.07, 6.45) is 3.12. The summed E-state index contributed by atoms with van der Waals surface area (Å²) < 4.78 is 6.13. The van der Waals surface area contributed by atoms with Gasteiger partial charge in [0.2, 0.25) is 5.91 Å². The molecule has 0 fully saturated rings. The molecule has 1 aliphatic rings. The topological polar surface area (TPSA) is 100 Å². The average molecular weight is 483 g/mol. The number of anilines is 1. The van der Waals surface area contributed by atoms with E-state index in [1.165, 1.54) is 0 Å². The number of aromatic nitrogens is 3. The number of amides is 1. The molecule has 7 nitrogen and oxygen atoms in total. The molecular formula is C24H20Cl2N4O3. The Balaban J connectivity index is 1.39. The lowest BCUT2D eigenvalue weighted by molar-refractivity contribution is -0.116. The monoisotopic (exact) mass is 482 g/mol. The Labute approximate surface area is 199 Å². The van der Waals surface area contributed by atoms with Crippen LogP contribution in [0.4, 0.5) is 5.82 Å². The van der Waals surface area contributed by atoms with Gasteiger partial charge in [0, 0.05) is 30.2 Å². The summed E-state index contributed by atoms with van der Waals surface area (Å²) in [6.45, 7) is 2.01.